The van der Waals surface area contributed by atoms with Gasteiger partial charge in [0, 0.05) is 32.5 Å². The van der Waals surface area contributed by atoms with E-state index in [1.165, 1.54) is 6.42 Å². The van der Waals surface area contributed by atoms with E-state index in [2.05, 4.69) is 10.3 Å². The number of piperidine rings is 1. The lowest BCUT2D eigenvalue weighted by Crippen LogP contribution is -2.38. The Morgan fingerprint density at radius 1 is 1.33 bits per heavy atom. The Morgan fingerprint density at radius 2 is 2.07 bits per heavy atom. The number of carbonyl (C=O) groups excluding carboxylic acids is 1. The first kappa shape index (κ1) is 23.9. The van der Waals surface area contributed by atoms with Crippen LogP contribution in [-0.4, -0.2) is 47.0 Å². The van der Waals surface area contributed by atoms with Gasteiger partial charge in [-0.3, -0.25) is 4.79 Å². The van der Waals surface area contributed by atoms with Crippen LogP contribution in [0, 0.1) is 5.92 Å². The first-order chi connectivity index (χ1) is 12.2. The van der Waals surface area contributed by atoms with Gasteiger partial charge in [-0.2, -0.15) is 0 Å². The highest BCUT2D eigenvalue weighted by atomic mass is 35.5. The summed E-state index contributed by atoms with van der Waals surface area (Å²) >= 11 is 1.60. The SMILES string of the molecule is CNCCC1CCN(C(=O)c2ccc(CSc3nccn3C)o2)CC1.Cl.Cl. The third kappa shape index (κ3) is 6.45. The van der Waals surface area contributed by atoms with Crippen molar-refractivity contribution in [2.75, 3.05) is 26.7 Å². The number of thioether (sulfide) groups is 1. The normalized spacial score (nSPS) is 14.5. The molecule has 0 aliphatic carbocycles. The standard InChI is InChI=1S/C18H26N4O2S.2ClH/c1-19-8-5-14-6-10-22(11-7-14)17(23)16-4-3-15(24-16)13-25-18-20-9-12-21(18)2;;/h3-4,9,12,14,19H,5-8,10-11,13H2,1-2H3;2*1H. The van der Waals surface area contributed by atoms with E-state index in [0.29, 0.717) is 11.5 Å². The highest BCUT2D eigenvalue weighted by Gasteiger charge is 2.25. The summed E-state index contributed by atoms with van der Waals surface area (Å²) < 4.78 is 7.74. The van der Waals surface area contributed by atoms with Crippen molar-refractivity contribution >= 4 is 42.5 Å². The molecule has 0 atom stereocenters. The fourth-order valence-corrected chi connectivity index (χ4v) is 3.95. The Kier molecular flexibility index (Phi) is 10.3. The number of hydrogen-bond donors (Lipinski definition) is 1. The fraction of sp³-hybridized carbons (Fsp3) is 0.556. The Balaban J connectivity index is 0.00000182. The van der Waals surface area contributed by atoms with E-state index >= 15 is 0 Å². The van der Waals surface area contributed by atoms with E-state index in [1.54, 1.807) is 24.0 Å². The zero-order valence-electron chi connectivity index (χ0n) is 15.7. The molecule has 1 amide bonds. The summed E-state index contributed by atoms with van der Waals surface area (Å²) in [5.41, 5.74) is 0. The Bertz CT molecular complexity index is 699. The molecule has 3 rings (SSSR count). The van der Waals surface area contributed by atoms with Crippen LogP contribution in [0.2, 0.25) is 0 Å². The highest BCUT2D eigenvalue weighted by Crippen LogP contribution is 2.24. The molecular formula is C18H28Cl2N4O2S. The van der Waals surface area contributed by atoms with Crippen molar-refractivity contribution in [1.29, 1.82) is 0 Å². The van der Waals surface area contributed by atoms with Gasteiger partial charge in [-0.15, -0.1) is 24.8 Å². The lowest BCUT2D eigenvalue weighted by atomic mass is 9.93. The van der Waals surface area contributed by atoms with Crippen molar-refractivity contribution in [2.24, 2.45) is 13.0 Å². The average Bonchev–Trinajstić information content (AvgIpc) is 3.27. The summed E-state index contributed by atoms with van der Waals surface area (Å²) in [5, 5.41) is 4.14. The van der Waals surface area contributed by atoms with Crippen LogP contribution in [0.5, 0.6) is 0 Å². The van der Waals surface area contributed by atoms with Crippen LogP contribution in [0.15, 0.2) is 34.1 Å². The third-order valence-corrected chi connectivity index (χ3v) is 5.78. The molecule has 1 saturated heterocycles. The van der Waals surface area contributed by atoms with Gasteiger partial charge in [-0.1, -0.05) is 11.8 Å². The number of imidazole rings is 1. The fourth-order valence-electron chi connectivity index (χ4n) is 3.13. The van der Waals surface area contributed by atoms with E-state index in [-0.39, 0.29) is 30.7 Å². The molecule has 2 aromatic heterocycles. The van der Waals surface area contributed by atoms with Crippen molar-refractivity contribution in [3.8, 4) is 0 Å². The number of furan rings is 1. The molecule has 6 nitrogen and oxygen atoms in total. The zero-order chi connectivity index (χ0) is 17.6. The van der Waals surface area contributed by atoms with Gasteiger partial charge in [0.25, 0.3) is 5.91 Å². The molecule has 1 N–H and O–H groups in total. The monoisotopic (exact) mass is 434 g/mol. The first-order valence-electron chi connectivity index (χ1n) is 8.80. The number of nitrogens with zero attached hydrogens (tertiary/aromatic N) is 3. The number of hydrogen-bond acceptors (Lipinski definition) is 5. The van der Waals surface area contributed by atoms with Crippen LogP contribution in [0.3, 0.4) is 0 Å². The summed E-state index contributed by atoms with van der Waals surface area (Å²) in [4.78, 5) is 18.8. The second-order valence-corrected chi connectivity index (χ2v) is 7.45. The lowest BCUT2D eigenvalue weighted by molar-refractivity contribution is 0.0653. The van der Waals surface area contributed by atoms with E-state index in [1.807, 2.05) is 35.8 Å². The quantitative estimate of drug-likeness (QED) is 0.674. The van der Waals surface area contributed by atoms with Crippen molar-refractivity contribution in [3.05, 3.63) is 36.0 Å². The molecule has 0 aromatic carbocycles. The van der Waals surface area contributed by atoms with Crippen LogP contribution in [0.4, 0.5) is 0 Å². The minimum Gasteiger partial charge on any atom is -0.455 e. The number of nitrogens with one attached hydrogen (secondary N) is 1. The maximum absolute atomic E-state index is 12.6. The second-order valence-electron chi connectivity index (χ2n) is 6.50. The summed E-state index contributed by atoms with van der Waals surface area (Å²) in [6.07, 6.45) is 7.04. The highest BCUT2D eigenvalue weighted by molar-refractivity contribution is 7.98. The molecule has 2 aromatic rings. The molecular weight excluding hydrogens is 407 g/mol. The number of aryl methyl sites for hydroxylation is 1. The van der Waals surface area contributed by atoms with Crippen LogP contribution in [0.1, 0.15) is 35.6 Å². The molecule has 3 heterocycles. The predicted molar refractivity (Wildman–Crippen MR) is 113 cm³/mol. The van der Waals surface area contributed by atoms with Gasteiger partial charge in [0.15, 0.2) is 10.9 Å². The van der Waals surface area contributed by atoms with Crippen molar-refractivity contribution < 1.29 is 9.21 Å². The number of likely N-dealkylation sites (tertiary alicyclic amines) is 1. The van der Waals surface area contributed by atoms with Crippen LogP contribution < -0.4 is 5.32 Å². The van der Waals surface area contributed by atoms with Crippen molar-refractivity contribution in [1.82, 2.24) is 19.8 Å². The van der Waals surface area contributed by atoms with E-state index in [4.69, 9.17) is 4.42 Å². The van der Waals surface area contributed by atoms with Crippen molar-refractivity contribution in [3.63, 3.8) is 0 Å². The molecule has 152 valence electrons. The maximum Gasteiger partial charge on any atom is 0.289 e. The maximum atomic E-state index is 12.6. The molecule has 0 spiro atoms. The van der Waals surface area contributed by atoms with E-state index in [0.717, 1.165) is 49.3 Å². The Hall–Kier alpha value is -1.15. The Morgan fingerprint density at radius 3 is 2.70 bits per heavy atom. The summed E-state index contributed by atoms with van der Waals surface area (Å²) in [6, 6.07) is 3.69. The zero-order valence-corrected chi connectivity index (χ0v) is 18.2. The van der Waals surface area contributed by atoms with Gasteiger partial charge in [0.1, 0.15) is 5.76 Å². The predicted octanol–water partition coefficient (Wildman–Crippen LogP) is 3.61. The van der Waals surface area contributed by atoms with Gasteiger partial charge < -0.3 is 19.2 Å². The molecule has 0 unspecified atom stereocenters. The van der Waals surface area contributed by atoms with Gasteiger partial charge in [0.05, 0.1) is 5.75 Å². The minimum absolute atomic E-state index is 0. The molecule has 0 radical (unpaired) electrons. The van der Waals surface area contributed by atoms with Crippen LogP contribution >= 0.6 is 36.6 Å². The minimum atomic E-state index is 0. The number of halogens is 2. The molecule has 1 fully saturated rings. The molecule has 0 saturated carbocycles. The number of amides is 1. The summed E-state index contributed by atoms with van der Waals surface area (Å²) in [5.74, 6) is 2.66. The third-order valence-electron chi connectivity index (χ3n) is 4.70. The number of carbonyl (C=O) groups is 1. The second kappa shape index (κ2) is 11.6. The molecule has 1 aliphatic heterocycles. The van der Waals surface area contributed by atoms with Gasteiger partial charge in [0.2, 0.25) is 0 Å². The summed E-state index contributed by atoms with van der Waals surface area (Å²) in [7, 11) is 3.95. The first-order valence-corrected chi connectivity index (χ1v) is 9.78. The summed E-state index contributed by atoms with van der Waals surface area (Å²) in [6.45, 7) is 2.70. The van der Waals surface area contributed by atoms with Gasteiger partial charge in [-0.25, -0.2) is 4.98 Å². The topological polar surface area (TPSA) is 63.3 Å². The van der Waals surface area contributed by atoms with E-state index in [9.17, 15) is 4.79 Å². The molecule has 1 aliphatic rings. The van der Waals surface area contributed by atoms with Gasteiger partial charge in [-0.05, 0) is 50.9 Å². The van der Waals surface area contributed by atoms with Gasteiger partial charge >= 0.3 is 0 Å². The van der Waals surface area contributed by atoms with Crippen LogP contribution in [-0.2, 0) is 12.8 Å². The smallest absolute Gasteiger partial charge is 0.289 e. The number of rotatable bonds is 7. The lowest BCUT2D eigenvalue weighted by Gasteiger charge is -2.31. The molecule has 27 heavy (non-hydrogen) atoms. The number of aromatic nitrogens is 2. The molecule has 0 bridgehead atoms. The van der Waals surface area contributed by atoms with Crippen LogP contribution in [0.25, 0.3) is 0 Å². The average molecular weight is 435 g/mol. The Labute approximate surface area is 177 Å². The van der Waals surface area contributed by atoms with E-state index < -0.39 is 0 Å². The van der Waals surface area contributed by atoms with Crippen molar-refractivity contribution in [2.45, 2.75) is 30.2 Å². The molecule has 9 heteroatoms. The largest absolute Gasteiger partial charge is 0.455 e.